The second-order valence-corrected chi connectivity index (χ2v) is 5.41. The van der Waals surface area contributed by atoms with Gasteiger partial charge < -0.3 is 9.66 Å². The third-order valence-electron chi connectivity index (χ3n) is 2.20. The molecular formula is C10H6BrKO4S. The monoisotopic (exact) mass is 340 g/mol. The third-order valence-corrected chi connectivity index (χ3v) is 3.71. The smallest absolute Gasteiger partial charge is 0.744 e. The van der Waals surface area contributed by atoms with E-state index in [2.05, 4.69) is 15.9 Å². The van der Waals surface area contributed by atoms with Crippen molar-refractivity contribution in [3.8, 4) is 5.75 Å². The Morgan fingerprint density at radius 1 is 1.18 bits per heavy atom. The topological polar surface area (TPSA) is 77.4 Å². The molecule has 0 spiro atoms. The Hall–Kier alpha value is 0.526. The first kappa shape index (κ1) is 15.6. The minimum atomic E-state index is -4.68. The van der Waals surface area contributed by atoms with Crippen LogP contribution in [-0.4, -0.2) is 18.1 Å². The molecule has 0 aromatic heterocycles. The van der Waals surface area contributed by atoms with Crippen molar-refractivity contribution >= 4 is 36.8 Å². The molecule has 0 radical (unpaired) electrons. The largest absolute Gasteiger partial charge is 1.00 e. The zero-order chi connectivity index (χ0) is 11.9. The van der Waals surface area contributed by atoms with E-state index in [0.29, 0.717) is 15.2 Å². The Morgan fingerprint density at radius 3 is 2.24 bits per heavy atom. The molecule has 0 amide bonds. The van der Waals surface area contributed by atoms with E-state index in [0.717, 1.165) is 6.07 Å². The van der Waals surface area contributed by atoms with Crippen molar-refractivity contribution in [3.05, 3.63) is 34.8 Å². The number of phenolic OH excluding ortho intramolecular Hbond substituents is 1. The van der Waals surface area contributed by atoms with Crippen molar-refractivity contribution in [1.82, 2.24) is 0 Å². The molecule has 0 heterocycles. The van der Waals surface area contributed by atoms with Gasteiger partial charge >= 0.3 is 51.4 Å². The van der Waals surface area contributed by atoms with E-state index in [-0.39, 0.29) is 51.4 Å². The van der Waals surface area contributed by atoms with Crippen LogP contribution in [0.3, 0.4) is 0 Å². The van der Waals surface area contributed by atoms with Crippen molar-refractivity contribution < 1.29 is 69.5 Å². The molecule has 84 valence electrons. The summed E-state index contributed by atoms with van der Waals surface area (Å²) in [5.74, 6) is -0.506. The molecule has 17 heavy (non-hydrogen) atoms. The standard InChI is InChI=1S/C10H7BrO4S.K/c11-8-5-9(16(13,14)15)10(12)7-4-2-1-3-6(7)8;/h1-5,12H,(H,13,14,15);/q;+1/p-1. The molecule has 0 saturated carbocycles. The van der Waals surface area contributed by atoms with Crippen LogP contribution in [0.2, 0.25) is 0 Å². The molecule has 0 saturated heterocycles. The Kier molecular flexibility index (Phi) is 5.19. The summed E-state index contributed by atoms with van der Waals surface area (Å²) in [5.41, 5.74) is 0. The normalized spacial score (nSPS) is 11.2. The number of rotatable bonds is 1. The van der Waals surface area contributed by atoms with Crippen LogP contribution >= 0.6 is 15.9 Å². The van der Waals surface area contributed by atoms with Gasteiger partial charge in [0.1, 0.15) is 15.9 Å². The number of halogens is 1. The number of benzene rings is 2. The molecule has 0 aliphatic rings. The molecule has 0 aliphatic carbocycles. The number of aromatic hydroxyl groups is 1. The first-order valence-electron chi connectivity index (χ1n) is 4.27. The Morgan fingerprint density at radius 2 is 1.71 bits per heavy atom. The van der Waals surface area contributed by atoms with Gasteiger partial charge in [-0.3, -0.25) is 0 Å². The molecule has 0 unspecified atom stereocenters. The number of fused-ring (bicyclic) bond motifs is 1. The molecule has 2 rings (SSSR count). The van der Waals surface area contributed by atoms with Gasteiger partial charge in [0.2, 0.25) is 0 Å². The summed E-state index contributed by atoms with van der Waals surface area (Å²) >= 11 is 3.16. The summed E-state index contributed by atoms with van der Waals surface area (Å²) in [7, 11) is -4.68. The van der Waals surface area contributed by atoms with Crippen molar-refractivity contribution in [3.63, 3.8) is 0 Å². The summed E-state index contributed by atoms with van der Waals surface area (Å²) in [6.45, 7) is 0. The van der Waals surface area contributed by atoms with E-state index in [4.69, 9.17) is 0 Å². The molecule has 0 fully saturated rings. The average molecular weight is 341 g/mol. The fourth-order valence-electron chi connectivity index (χ4n) is 1.48. The summed E-state index contributed by atoms with van der Waals surface area (Å²) in [5, 5.41) is 10.7. The maximum absolute atomic E-state index is 10.9. The average Bonchev–Trinajstić information content (AvgIpc) is 2.22. The minimum Gasteiger partial charge on any atom is -0.744 e. The van der Waals surface area contributed by atoms with Crippen molar-refractivity contribution in [1.29, 1.82) is 0 Å². The molecule has 7 heteroatoms. The number of phenols is 1. The van der Waals surface area contributed by atoms with Crippen molar-refractivity contribution in [2.75, 3.05) is 0 Å². The van der Waals surface area contributed by atoms with Crippen LogP contribution in [0.4, 0.5) is 0 Å². The molecular weight excluding hydrogens is 335 g/mol. The van der Waals surface area contributed by atoms with Gasteiger partial charge in [-0.05, 0) is 11.5 Å². The molecule has 0 bridgehead atoms. The van der Waals surface area contributed by atoms with Crippen LogP contribution in [0.15, 0.2) is 39.7 Å². The van der Waals surface area contributed by atoms with Gasteiger partial charge in [0, 0.05) is 9.86 Å². The summed E-state index contributed by atoms with van der Waals surface area (Å²) < 4.78 is 33.2. The Balaban J connectivity index is 0.00000144. The molecule has 2 aromatic carbocycles. The molecule has 1 N–H and O–H groups in total. The van der Waals surface area contributed by atoms with E-state index in [1.807, 2.05) is 0 Å². The maximum Gasteiger partial charge on any atom is 1.00 e. The van der Waals surface area contributed by atoms with Crippen LogP contribution in [0.1, 0.15) is 0 Å². The van der Waals surface area contributed by atoms with Gasteiger partial charge in [-0.15, -0.1) is 0 Å². The SMILES string of the molecule is O=S(=O)([O-])c1cc(Br)c2ccccc2c1O.[K+]. The Labute approximate surface area is 149 Å². The van der Waals surface area contributed by atoms with Gasteiger partial charge in [-0.1, -0.05) is 40.2 Å². The van der Waals surface area contributed by atoms with E-state index in [9.17, 15) is 18.1 Å². The van der Waals surface area contributed by atoms with Gasteiger partial charge in [-0.25, -0.2) is 8.42 Å². The molecule has 0 atom stereocenters. The van der Waals surface area contributed by atoms with Crippen molar-refractivity contribution in [2.45, 2.75) is 4.90 Å². The second-order valence-electron chi connectivity index (χ2n) is 3.20. The van der Waals surface area contributed by atoms with E-state index in [1.165, 1.54) is 0 Å². The maximum atomic E-state index is 10.9. The van der Waals surface area contributed by atoms with E-state index in [1.54, 1.807) is 24.3 Å². The summed E-state index contributed by atoms with van der Waals surface area (Å²) in [6.07, 6.45) is 0. The Bertz CT molecular complexity index is 669. The molecule has 4 nitrogen and oxygen atoms in total. The third kappa shape index (κ3) is 3.10. The predicted octanol–water partition coefficient (Wildman–Crippen LogP) is -0.784. The zero-order valence-corrected chi connectivity index (χ0v) is 14.4. The van der Waals surface area contributed by atoms with Crippen LogP contribution in [-0.2, 0) is 10.1 Å². The van der Waals surface area contributed by atoms with Gasteiger partial charge in [0.15, 0.2) is 0 Å². The second kappa shape index (κ2) is 5.66. The first-order valence-corrected chi connectivity index (χ1v) is 6.47. The van der Waals surface area contributed by atoms with Gasteiger partial charge in [0.05, 0.1) is 4.90 Å². The fourth-order valence-corrected chi connectivity index (χ4v) is 2.82. The molecule has 2 aromatic rings. The predicted molar refractivity (Wildman–Crippen MR) is 61.3 cm³/mol. The van der Waals surface area contributed by atoms with Gasteiger partial charge in [-0.2, -0.15) is 0 Å². The number of hydrogen-bond acceptors (Lipinski definition) is 4. The van der Waals surface area contributed by atoms with Crippen LogP contribution < -0.4 is 51.4 Å². The first-order chi connectivity index (χ1) is 7.41. The number of hydrogen-bond donors (Lipinski definition) is 1. The van der Waals surface area contributed by atoms with Crippen LogP contribution in [0.25, 0.3) is 10.8 Å². The molecule has 0 aliphatic heterocycles. The minimum absolute atomic E-state index is 0. The van der Waals surface area contributed by atoms with Crippen LogP contribution in [0.5, 0.6) is 5.75 Å². The van der Waals surface area contributed by atoms with Gasteiger partial charge in [0.25, 0.3) is 0 Å². The van der Waals surface area contributed by atoms with Crippen molar-refractivity contribution in [2.24, 2.45) is 0 Å². The fraction of sp³-hybridized carbons (Fsp3) is 0. The van der Waals surface area contributed by atoms with Crippen LogP contribution in [0, 0.1) is 0 Å². The van der Waals surface area contributed by atoms with E-state index < -0.39 is 20.8 Å². The summed E-state index contributed by atoms with van der Waals surface area (Å²) in [6, 6.07) is 7.76. The zero-order valence-electron chi connectivity index (χ0n) is 8.84. The summed E-state index contributed by atoms with van der Waals surface area (Å²) in [4.78, 5) is -0.613. The quantitative estimate of drug-likeness (QED) is 0.545. The van der Waals surface area contributed by atoms with E-state index >= 15 is 0 Å².